The van der Waals surface area contributed by atoms with Crippen molar-refractivity contribution in [3.05, 3.63) is 22.8 Å². The highest BCUT2D eigenvalue weighted by molar-refractivity contribution is 5.62. The van der Waals surface area contributed by atoms with Crippen molar-refractivity contribution >= 4 is 0 Å². The third-order valence-electron chi connectivity index (χ3n) is 9.03. The van der Waals surface area contributed by atoms with Crippen LogP contribution >= 0.6 is 0 Å². The van der Waals surface area contributed by atoms with E-state index in [1.807, 2.05) is 0 Å². The number of rotatable bonds is 7. The van der Waals surface area contributed by atoms with Gasteiger partial charge in [0.05, 0.1) is 13.2 Å². The molecule has 188 valence electrons. The van der Waals surface area contributed by atoms with Gasteiger partial charge in [-0.15, -0.1) is 0 Å². The number of hydrogen-bond donors (Lipinski definition) is 0. The van der Waals surface area contributed by atoms with Crippen LogP contribution in [0.2, 0.25) is 0 Å². The van der Waals surface area contributed by atoms with Crippen molar-refractivity contribution in [2.45, 2.75) is 109 Å². The maximum atomic E-state index is 6.80. The lowest BCUT2D eigenvalue weighted by atomic mass is 9.47. The second-order valence-corrected chi connectivity index (χ2v) is 14.2. The minimum atomic E-state index is -0.0994. The van der Waals surface area contributed by atoms with Crippen molar-refractivity contribution in [2.75, 3.05) is 26.4 Å². The fourth-order valence-electron chi connectivity index (χ4n) is 7.70. The van der Waals surface area contributed by atoms with Crippen molar-refractivity contribution in [3.63, 3.8) is 0 Å². The Bertz CT molecular complexity index is 907. The van der Waals surface area contributed by atoms with Crippen LogP contribution in [0.5, 0.6) is 11.5 Å². The van der Waals surface area contributed by atoms with Crippen molar-refractivity contribution in [1.82, 2.24) is 0 Å². The molecule has 0 N–H and O–H groups in total. The molecule has 2 unspecified atom stereocenters. The van der Waals surface area contributed by atoms with Crippen LogP contribution in [-0.2, 0) is 25.7 Å². The van der Waals surface area contributed by atoms with Gasteiger partial charge in [-0.05, 0) is 78.6 Å². The molecule has 0 amide bonds. The largest absolute Gasteiger partial charge is 0.490 e. The molecule has 0 aromatic heterocycles. The summed E-state index contributed by atoms with van der Waals surface area (Å²) in [5.41, 5.74) is 4.21. The molecule has 0 spiro atoms. The minimum absolute atomic E-state index is 0.0189. The zero-order valence-corrected chi connectivity index (χ0v) is 22.2. The van der Waals surface area contributed by atoms with E-state index in [0.717, 1.165) is 42.5 Å². The molecule has 2 heterocycles. The summed E-state index contributed by atoms with van der Waals surface area (Å²) in [6, 6.07) is 2.52. The molecule has 2 aliphatic heterocycles. The number of benzene rings is 1. The first-order valence-corrected chi connectivity index (χ1v) is 13.7. The van der Waals surface area contributed by atoms with E-state index in [4.69, 9.17) is 18.9 Å². The standard InChI is InChI=1S/C30H44O4/c1-28(2,3)23-10-24(30-11-18-7-19(12-30)9-20(8-18)13-30)27(34-17-22-15-32-22)25(29(4,5)6)26(23)33-16-21-14-31-21/h10,18-22H,7-9,11-17H2,1-6H3. The van der Waals surface area contributed by atoms with Gasteiger partial charge in [0.2, 0.25) is 0 Å². The third kappa shape index (κ3) is 4.28. The Morgan fingerprint density at radius 3 is 1.65 bits per heavy atom. The van der Waals surface area contributed by atoms with Crippen LogP contribution in [0.25, 0.3) is 0 Å². The Kier molecular flexibility index (Phi) is 5.36. The summed E-state index contributed by atoms with van der Waals surface area (Å²) in [6.45, 7) is 16.8. The Hall–Kier alpha value is -1.26. The topological polar surface area (TPSA) is 43.5 Å². The summed E-state index contributed by atoms with van der Waals surface area (Å²) >= 11 is 0. The van der Waals surface area contributed by atoms with Crippen LogP contribution < -0.4 is 9.47 Å². The molecule has 4 bridgehead atoms. The first-order chi connectivity index (χ1) is 16.0. The van der Waals surface area contributed by atoms with Crippen LogP contribution in [0, 0.1) is 17.8 Å². The highest BCUT2D eigenvalue weighted by Crippen LogP contribution is 2.63. The first-order valence-electron chi connectivity index (χ1n) is 13.7. The van der Waals surface area contributed by atoms with E-state index >= 15 is 0 Å². The molecule has 0 radical (unpaired) electrons. The Balaban J connectivity index is 1.54. The molecule has 4 nitrogen and oxygen atoms in total. The fraction of sp³-hybridized carbons (Fsp3) is 0.800. The molecule has 4 heteroatoms. The first kappa shape index (κ1) is 23.2. The molecule has 6 fully saturated rings. The monoisotopic (exact) mass is 468 g/mol. The smallest absolute Gasteiger partial charge is 0.130 e. The molecule has 34 heavy (non-hydrogen) atoms. The predicted octanol–water partition coefficient (Wildman–Crippen LogP) is 6.30. The van der Waals surface area contributed by atoms with Gasteiger partial charge < -0.3 is 18.9 Å². The summed E-state index contributed by atoms with van der Waals surface area (Å²) in [5, 5.41) is 0. The van der Waals surface area contributed by atoms with Crippen molar-refractivity contribution in [3.8, 4) is 11.5 Å². The van der Waals surface area contributed by atoms with Crippen molar-refractivity contribution in [2.24, 2.45) is 17.8 Å². The zero-order valence-electron chi connectivity index (χ0n) is 22.2. The second kappa shape index (κ2) is 7.87. The molecule has 1 aromatic carbocycles. The lowest BCUT2D eigenvalue weighted by Gasteiger charge is -2.57. The normalized spacial score (nSPS) is 36.0. The van der Waals surface area contributed by atoms with E-state index in [0.29, 0.717) is 13.2 Å². The Labute approximate surface area is 206 Å². The SMILES string of the molecule is CC(C)(C)c1cc(C23CC4CC(CC(C4)C2)C3)c(OCC2CO2)c(C(C)(C)C)c1OCC1CO1. The quantitative estimate of drug-likeness (QED) is 0.440. The molecule has 2 atom stereocenters. The van der Waals surface area contributed by atoms with Gasteiger partial charge >= 0.3 is 0 Å². The lowest BCUT2D eigenvalue weighted by molar-refractivity contribution is -0.00666. The van der Waals surface area contributed by atoms with Gasteiger partial charge in [0, 0.05) is 16.7 Å². The van der Waals surface area contributed by atoms with Gasteiger partial charge in [-0.1, -0.05) is 41.5 Å². The average molecular weight is 469 g/mol. The van der Waals surface area contributed by atoms with E-state index in [-0.39, 0.29) is 28.5 Å². The lowest BCUT2D eigenvalue weighted by Crippen LogP contribution is -2.49. The Morgan fingerprint density at radius 2 is 1.24 bits per heavy atom. The van der Waals surface area contributed by atoms with Gasteiger partial charge in [-0.2, -0.15) is 0 Å². The summed E-state index contributed by atoms with van der Waals surface area (Å²) < 4.78 is 24.5. The zero-order chi connectivity index (χ0) is 23.9. The highest BCUT2D eigenvalue weighted by Gasteiger charge is 2.53. The molecule has 1 aromatic rings. The van der Waals surface area contributed by atoms with E-state index in [2.05, 4.69) is 47.6 Å². The van der Waals surface area contributed by atoms with Crippen LogP contribution in [0.4, 0.5) is 0 Å². The van der Waals surface area contributed by atoms with Crippen LogP contribution in [0.1, 0.15) is 96.8 Å². The molecular formula is C30H44O4. The van der Waals surface area contributed by atoms with E-state index < -0.39 is 0 Å². The van der Waals surface area contributed by atoms with Crippen molar-refractivity contribution < 1.29 is 18.9 Å². The minimum Gasteiger partial charge on any atom is -0.490 e. The van der Waals surface area contributed by atoms with Crippen molar-refractivity contribution in [1.29, 1.82) is 0 Å². The molecule has 7 rings (SSSR count). The molecule has 2 saturated heterocycles. The summed E-state index contributed by atoms with van der Waals surface area (Å²) in [5.74, 6) is 4.83. The summed E-state index contributed by atoms with van der Waals surface area (Å²) in [7, 11) is 0. The highest BCUT2D eigenvalue weighted by atomic mass is 16.6. The molecule has 4 aliphatic carbocycles. The van der Waals surface area contributed by atoms with Crippen LogP contribution in [0.15, 0.2) is 6.07 Å². The maximum Gasteiger partial charge on any atom is 0.130 e. The van der Waals surface area contributed by atoms with Crippen LogP contribution in [-0.4, -0.2) is 38.6 Å². The second-order valence-electron chi connectivity index (χ2n) is 14.2. The van der Waals surface area contributed by atoms with Gasteiger partial charge in [0.1, 0.15) is 36.9 Å². The van der Waals surface area contributed by atoms with E-state index in [1.165, 1.54) is 55.2 Å². The van der Waals surface area contributed by atoms with Gasteiger partial charge in [-0.3, -0.25) is 0 Å². The molecule has 6 aliphatic rings. The maximum absolute atomic E-state index is 6.80. The molecular weight excluding hydrogens is 424 g/mol. The Morgan fingerprint density at radius 1 is 0.765 bits per heavy atom. The number of hydrogen-bond acceptors (Lipinski definition) is 4. The number of ether oxygens (including phenoxy) is 4. The van der Waals surface area contributed by atoms with E-state index in [1.54, 1.807) is 0 Å². The average Bonchev–Trinajstić information content (AvgIpc) is 3.63. The predicted molar refractivity (Wildman–Crippen MR) is 134 cm³/mol. The molecule has 4 saturated carbocycles. The number of epoxide rings is 2. The summed E-state index contributed by atoms with van der Waals surface area (Å²) in [6.07, 6.45) is 8.82. The van der Waals surface area contributed by atoms with Gasteiger partial charge in [0.25, 0.3) is 0 Å². The van der Waals surface area contributed by atoms with Gasteiger partial charge in [-0.25, -0.2) is 0 Å². The van der Waals surface area contributed by atoms with E-state index in [9.17, 15) is 0 Å². The van der Waals surface area contributed by atoms with Crippen LogP contribution in [0.3, 0.4) is 0 Å². The summed E-state index contributed by atoms with van der Waals surface area (Å²) in [4.78, 5) is 0. The third-order valence-corrected chi connectivity index (χ3v) is 9.03. The van der Waals surface area contributed by atoms with Gasteiger partial charge in [0.15, 0.2) is 0 Å². The fourth-order valence-corrected chi connectivity index (χ4v) is 7.70.